The van der Waals surface area contributed by atoms with Crippen LogP contribution in [0.4, 0.5) is 0 Å². The fourth-order valence-corrected chi connectivity index (χ4v) is 2.73. The molecule has 0 bridgehead atoms. The molecule has 0 unspecified atom stereocenters. The summed E-state index contributed by atoms with van der Waals surface area (Å²) in [4.78, 5) is 12.2. The Kier molecular flexibility index (Phi) is 4.36. The second kappa shape index (κ2) is 6.41. The molecular formula is C15H17BrN4O. The molecule has 0 atom stereocenters. The lowest BCUT2D eigenvalue weighted by molar-refractivity contribution is 0.0948. The number of aromatic nitrogens is 2. The molecule has 0 fully saturated rings. The summed E-state index contributed by atoms with van der Waals surface area (Å²) < 4.78 is 1.06. The smallest absolute Gasteiger partial charge is 0.272 e. The predicted octanol–water partition coefficient (Wildman–Crippen LogP) is 1.79. The summed E-state index contributed by atoms with van der Waals surface area (Å²) in [7, 11) is 0. The molecule has 5 nitrogen and oxygen atoms in total. The highest BCUT2D eigenvalue weighted by Crippen LogP contribution is 2.15. The zero-order valence-corrected chi connectivity index (χ0v) is 13.2. The minimum Gasteiger partial charge on any atom is -0.350 e. The van der Waals surface area contributed by atoms with E-state index in [1.807, 2.05) is 12.1 Å². The van der Waals surface area contributed by atoms with Gasteiger partial charge in [0.15, 0.2) is 5.69 Å². The molecule has 0 saturated carbocycles. The van der Waals surface area contributed by atoms with E-state index in [1.165, 1.54) is 5.56 Å². The molecule has 0 radical (unpaired) electrons. The lowest BCUT2D eigenvalue weighted by atomic mass is 10.1. The molecule has 3 rings (SSSR count). The van der Waals surface area contributed by atoms with Crippen molar-refractivity contribution in [3.8, 4) is 0 Å². The van der Waals surface area contributed by atoms with Crippen LogP contribution in [0.15, 0.2) is 28.7 Å². The Bertz CT molecular complexity index is 636. The molecule has 1 aliphatic rings. The second-order valence-corrected chi connectivity index (χ2v) is 6.00. The number of halogens is 1. The monoisotopic (exact) mass is 348 g/mol. The van der Waals surface area contributed by atoms with Gasteiger partial charge in [-0.2, -0.15) is 5.10 Å². The largest absolute Gasteiger partial charge is 0.350 e. The van der Waals surface area contributed by atoms with Crippen molar-refractivity contribution in [2.75, 3.05) is 13.1 Å². The van der Waals surface area contributed by atoms with Gasteiger partial charge in [0, 0.05) is 41.8 Å². The number of benzene rings is 1. The maximum absolute atomic E-state index is 12.2. The van der Waals surface area contributed by atoms with Crippen LogP contribution in [0, 0.1) is 0 Å². The van der Waals surface area contributed by atoms with Crippen LogP contribution in [-0.2, 0) is 19.4 Å². The number of aromatic amines is 1. The number of H-pyrrole nitrogens is 1. The molecular weight excluding hydrogens is 332 g/mol. The predicted molar refractivity (Wildman–Crippen MR) is 84.2 cm³/mol. The van der Waals surface area contributed by atoms with Gasteiger partial charge in [-0.25, -0.2) is 0 Å². The molecule has 1 amide bonds. The van der Waals surface area contributed by atoms with Crippen LogP contribution in [0.25, 0.3) is 0 Å². The third-order valence-corrected chi connectivity index (χ3v) is 4.16. The van der Waals surface area contributed by atoms with Crippen LogP contribution in [0.2, 0.25) is 0 Å². The summed E-state index contributed by atoms with van der Waals surface area (Å²) >= 11 is 3.41. The highest BCUT2D eigenvalue weighted by Gasteiger charge is 2.20. The summed E-state index contributed by atoms with van der Waals surface area (Å²) in [5.41, 5.74) is 3.80. The summed E-state index contributed by atoms with van der Waals surface area (Å²) in [6.45, 7) is 2.25. The van der Waals surface area contributed by atoms with Gasteiger partial charge in [0.25, 0.3) is 5.91 Å². The highest BCUT2D eigenvalue weighted by atomic mass is 79.9. The summed E-state index contributed by atoms with van der Waals surface area (Å²) in [6, 6.07) is 8.12. The first kappa shape index (κ1) is 14.3. The van der Waals surface area contributed by atoms with Gasteiger partial charge >= 0.3 is 0 Å². The summed E-state index contributed by atoms with van der Waals surface area (Å²) in [5.74, 6) is -0.103. The van der Waals surface area contributed by atoms with Crippen LogP contribution in [0.3, 0.4) is 0 Å². The second-order valence-electron chi connectivity index (χ2n) is 5.09. The third kappa shape index (κ3) is 3.33. The highest BCUT2D eigenvalue weighted by molar-refractivity contribution is 9.10. The standard InChI is InChI=1S/C15H17BrN4O/c16-11-3-1-10(2-4-11)5-8-18-15(21)14-12-9-17-7-6-13(12)19-20-14/h1-4,17H,5-9H2,(H,18,21)(H,19,20). The average molecular weight is 349 g/mol. The molecule has 1 aromatic heterocycles. The van der Waals surface area contributed by atoms with Crippen LogP contribution in [0.5, 0.6) is 0 Å². The van der Waals surface area contributed by atoms with E-state index in [0.29, 0.717) is 18.8 Å². The SMILES string of the molecule is O=C(NCCc1ccc(Br)cc1)c1n[nH]c2c1CNCC2. The fourth-order valence-electron chi connectivity index (χ4n) is 2.47. The van der Waals surface area contributed by atoms with Crippen molar-refractivity contribution in [2.45, 2.75) is 19.4 Å². The first-order valence-corrected chi connectivity index (χ1v) is 7.83. The number of hydrogen-bond donors (Lipinski definition) is 3. The molecule has 1 aromatic carbocycles. The van der Waals surface area contributed by atoms with Gasteiger partial charge < -0.3 is 10.6 Å². The molecule has 110 valence electrons. The average Bonchev–Trinajstić information content (AvgIpc) is 2.93. The molecule has 0 spiro atoms. The van der Waals surface area contributed by atoms with Gasteiger partial charge in [-0.1, -0.05) is 28.1 Å². The molecule has 0 aliphatic carbocycles. The minimum atomic E-state index is -0.103. The van der Waals surface area contributed by atoms with Crippen molar-refractivity contribution in [3.05, 3.63) is 51.3 Å². The number of nitrogens with one attached hydrogen (secondary N) is 3. The number of nitrogens with zero attached hydrogens (tertiary/aromatic N) is 1. The molecule has 0 saturated heterocycles. The van der Waals surface area contributed by atoms with Crippen LogP contribution >= 0.6 is 15.9 Å². The molecule has 2 aromatic rings. The molecule has 1 aliphatic heterocycles. The summed E-state index contributed by atoms with van der Waals surface area (Å²) in [6.07, 6.45) is 1.71. The maximum Gasteiger partial charge on any atom is 0.272 e. The van der Waals surface area contributed by atoms with Crippen molar-refractivity contribution in [1.82, 2.24) is 20.8 Å². The molecule has 3 N–H and O–H groups in total. The number of carbonyl (C=O) groups is 1. The number of hydrogen-bond acceptors (Lipinski definition) is 3. The van der Waals surface area contributed by atoms with E-state index in [2.05, 4.69) is 48.9 Å². The van der Waals surface area contributed by atoms with Crippen molar-refractivity contribution in [1.29, 1.82) is 0 Å². The summed E-state index contributed by atoms with van der Waals surface area (Å²) in [5, 5.41) is 13.3. The van der Waals surface area contributed by atoms with Crippen LogP contribution < -0.4 is 10.6 Å². The Hall–Kier alpha value is -1.66. The normalized spacial score (nSPS) is 13.8. The zero-order valence-electron chi connectivity index (χ0n) is 11.6. The Labute approximate surface area is 131 Å². The van der Waals surface area contributed by atoms with Crippen molar-refractivity contribution >= 4 is 21.8 Å². The van der Waals surface area contributed by atoms with Gasteiger partial charge in [-0.05, 0) is 24.1 Å². The molecule has 21 heavy (non-hydrogen) atoms. The maximum atomic E-state index is 12.2. The number of rotatable bonds is 4. The van der Waals surface area contributed by atoms with Gasteiger partial charge in [0.2, 0.25) is 0 Å². The lowest BCUT2D eigenvalue weighted by Crippen LogP contribution is -2.29. The minimum absolute atomic E-state index is 0.103. The third-order valence-electron chi connectivity index (χ3n) is 3.63. The van der Waals surface area contributed by atoms with E-state index in [4.69, 9.17) is 0 Å². The number of fused-ring (bicyclic) bond motifs is 1. The number of amides is 1. The first-order valence-electron chi connectivity index (χ1n) is 7.03. The van der Waals surface area contributed by atoms with Crippen LogP contribution in [-0.4, -0.2) is 29.2 Å². The Balaban J connectivity index is 1.57. The molecule has 2 heterocycles. The van der Waals surface area contributed by atoms with Gasteiger partial charge in [0.1, 0.15) is 0 Å². The van der Waals surface area contributed by atoms with E-state index < -0.39 is 0 Å². The van der Waals surface area contributed by atoms with Crippen molar-refractivity contribution in [2.24, 2.45) is 0 Å². The van der Waals surface area contributed by atoms with E-state index in [0.717, 1.165) is 35.1 Å². The first-order chi connectivity index (χ1) is 10.2. The van der Waals surface area contributed by atoms with E-state index in [9.17, 15) is 4.79 Å². The Morgan fingerprint density at radius 3 is 2.95 bits per heavy atom. The molecule has 6 heteroatoms. The van der Waals surface area contributed by atoms with Crippen LogP contribution in [0.1, 0.15) is 27.3 Å². The Morgan fingerprint density at radius 1 is 1.33 bits per heavy atom. The van der Waals surface area contributed by atoms with E-state index in [-0.39, 0.29) is 5.91 Å². The van der Waals surface area contributed by atoms with Gasteiger partial charge in [0.05, 0.1) is 0 Å². The van der Waals surface area contributed by atoms with Crippen molar-refractivity contribution in [3.63, 3.8) is 0 Å². The number of carbonyl (C=O) groups excluding carboxylic acids is 1. The quantitative estimate of drug-likeness (QED) is 0.788. The fraction of sp³-hybridized carbons (Fsp3) is 0.333. The zero-order chi connectivity index (χ0) is 14.7. The Morgan fingerprint density at radius 2 is 2.14 bits per heavy atom. The van der Waals surface area contributed by atoms with E-state index in [1.54, 1.807) is 0 Å². The van der Waals surface area contributed by atoms with Gasteiger partial charge in [-0.15, -0.1) is 0 Å². The van der Waals surface area contributed by atoms with Gasteiger partial charge in [-0.3, -0.25) is 9.89 Å². The van der Waals surface area contributed by atoms with Crippen molar-refractivity contribution < 1.29 is 4.79 Å². The van der Waals surface area contributed by atoms with E-state index >= 15 is 0 Å². The lowest BCUT2D eigenvalue weighted by Gasteiger charge is -2.12. The topological polar surface area (TPSA) is 69.8 Å².